The van der Waals surface area contributed by atoms with Gasteiger partial charge in [0, 0.05) is 31.0 Å². The highest BCUT2D eigenvalue weighted by Gasteiger charge is 2.25. The summed E-state index contributed by atoms with van der Waals surface area (Å²) in [6.07, 6.45) is 1.75. The summed E-state index contributed by atoms with van der Waals surface area (Å²) in [5.74, 6) is -0.143. The van der Waals surface area contributed by atoms with Crippen molar-refractivity contribution in [2.24, 2.45) is 5.92 Å². The molecule has 1 aliphatic rings. The number of nitrogens with two attached hydrogens (primary N) is 1. The fourth-order valence-corrected chi connectivity index (χ4v) is 2.51. The van der Waals surface area contributed by atoms with E-state index in [1.165, 1.54) is 18.2 Å². The fourth-order valence-electron chi connectivity index (χ4n) is 2.51. The van der Waals surface area contributed by atoms with E-state index in [4.69, 9.17) is 10.5 Å². The summed E-state index contributed by atoms with van der Waals surface area (Å²) < 4.78 is 5.29. The minimum atomic E-state index is -0.576. The van der Waals surface area contributed by atoms with Crippen molar-refractivity contribution in [1.82, 2.24) is 5.32 Å². The Morgan fingerprint density at radius 2 is 2.14 bits per heavy atom. The van der Waals surface area contributed by atoms with Gasteiger partial charge < -0.3 is 15.8 Å². The van der Waals surface area contributed by atoms with E-state index < -0.39 is 10.8 Å². The van der Waals surface area contributed by atoms with Gasteiger partial charge in [-0.3, -0.25) is 14.9 Å². The molecule has 1 aliphatic heterocycles. The summed E-state index contributed by atoms with van der Waals surface area (Å²) in [7, 11) is 0. The van der Waals surface area contributed by atoms with Gasteiger partial charge in [-0.15, -0.1) is 0 Å². The van der Waals surface area contributed by atoms with Gasteiger partial charge in [-0.05, 0) is 37.8 Å². The van der Waals surface area contributed by atoms with Gasteiger partial charge in [-0.25, -0.2) is 0 Å². The molecule has 0 bridgehead atoms. The number of benzene rings is 1. The van der Waals surface area contributed by atoms with E-state index >= 15 is 0 Å². The molecule has 1 fully saturated rings. The van der Waals surface area contributed by atoms with Gasteiger partial charge in [-0.2, -0.15) is 0 Å². The average Bonchev–Trinajstić information content (AvgIpc) is 2.47. The number of hydrogen-bond donors (Lipinski definition) is 2. The van der Waals surface area contributed by atoms with Crippen molar-refractivity contribution in [2.45, 2.75) is 25.8 Å². The summed E-state index contributed by atoms with van der Waals surface area (Å²) in [5, 5.41) is 13.8. The van der Waals surface area contributed by atoms with Crippen LogP contribution in [0.5, 0.6) is 0 Å². The summed E-state index contributed by atoms with van der Waals surface area (Å²) in [5.41, 5.74) is 5.71. The van der Waals surface area contributed by atoms with E-state index in [0.717, 1.165) is 12.8 Å². The van der Waals surface area contributed by atoms with Crippen molar-refractivity contribution in [3.63, 3.8) is 0 Å². The van der Waals surface area contributed by atoms with E-state index in [-0.39, 0.29) is 17.3 Å². The first-order valence-electron chi connectivity index (χ1n) is 6.91. The zero-order valence-electron chi connectivity index (χ0n) is 11.9. The molecular formula is C14H19N3O4. The van der Waals surface area contributed by atoms with E-state index in [1.54, 1.807) is 0 Å². The van der Waals surface area contributed by atoms with Crippen molar-refractivity contribution in [2.75, 3.05) is 18.9 Å². The number of nitro groups is 1. The van der Waals surface area contributed by atoms with E-state index in [2.05, 4.69) is 5.32 Å². The zero-order valence-corrected chi connectivity index (χ0v) is 11.9. The van der Waals surface area contributed by atoms with Crippen LogP contribution in [0.4, 0.5) is 11.4 Å². The predicted octanol–water partition coefficient (Wildman–Crippen LogP) is 1.72. The summed E-state index contributed by atoms with van der Waals surface area (Å²) >= 11 is 0. The van der Waals surface area contributed by atoms with Gasteiger partial charge >= 0.3 is 0 Å². The van der Waals surface area contributed by atoms with Crippen LogP contribution in [0.2, 0.25) is 0 Å². The third-order valence-electron chi connectivity index (χ3n) is 3.79. The van der Waals surface area contributed by atoms with Gasteiger partial charge in [0.2, 0.25) is 0 Å². The van der Waals surface area contributed by atoms with Crippen molar-refractivity contribution < 1.29 is 14.5 Å². The van der Waals surface area contributed by atoms with Crippen LogP contribution >= 0.6 is 0 Å². The monoisotopic (exact) mass is 293 g/mol. The van der Waals surface area contributed by atoms with Crippen LogP contribution in [0.15, 0.2) is 18.2 Å². The van der Waals surface area contributed by atoms with Crippen LogP contribution in [-0.4, -0.2) is 30.1 Å². The van der Waals surface area contributed by atoms with Gasteiger partial charge in [-0.1, -0.05) is 0 Å². The molecule has 21 heavy (non-hydrogen) atoms. The van der Waals surface area contributed by atoms with Crippen molar-refractivity contribution in [3.8, 4) is 0 Å². The summed E-state index contributed by atoms with van der Waals surface area (Å²) in [6, 6.07) is 3.94. The molecule has 2 rings (SSSR count). The molecule has 1 aromatic rings. The Morgan fingerprint density at radius 3 is 2.76 bits per heavy atom. The second-order valence-corrected chi connectivity index (χ2v) is 5.25. The maximum Gasteiger partial charge on any atom is 0.282 e. The second kappa shape index (κ2) is 6.53. The number of amides is 1. The number of carbonyl (C=O) groups excluding carboxylic acids is 1. The molecule has 1 heterocycles. The Morgan fingerprint density at radius 1 is 1.48 bits per heavy atom. The first-order chi connectivity index (χ1) is 9.99. The van der Waals surface area contributed by atoms with Crippen molar-refractivity contribution in [3.05, 3.63) is 33.9 Å². The molecule has 114 valence electrons. The molecule has 3 N–H and O–H groups in total. The molecule has 1 amide bonds. The quantitative estimate of drug-likeness (QED) is 0.499. The fraction of sp³-hybridized carbons (Fsp3) is 0.500. The van der Waals surface area contributed by atoms with Crippen molar-refractivity contribution >= 4 is 17.3 Å². The number of hydrogen-bond acceptors (Lipinski definition) is 5. The Balaban J connectivity index is 2.12. The number of ether oxygens (including phenoxy) is 1. The number of anilines is 1. The lowest BCUT2D eigenvalue weighted by molar-refractivity contribution is -0.385. The Bertz CT molecular complexity index is 541. The Labute approximate surface area is 122 Å². The van der Waals surface area contributed by atoms with Crippen LogP contribution in [0.1, 0.15) is 30.1 Å². The van der Waals surface area contributed by atoms with Crippen molar-refractivity contribution in [1.29, 1.82) is 0 Å². The molecule has 0 aliphatic carbocycles. The highest BCUT2D eigenvalue weighted by atomic mass is 16.6. The van der Waals surface area contributed by atoms with Crippen LogP contribution in [0.3, 0.4) is 0 Å². The highest BCUT2D eigenvalue weighted by molar-refractivity contribution is 5.99. The molecule has 1 saturated heterocycles. The molecule has 1 unspecified atom stereocenters. The second-order valence-electron chi connectivity index (χ2n) is 5.25. The number of nitro benzene ring substituents is 1. The number of carbonyl (C=O) groups is 1. The molecule has 1 aromatic carbocycles. The average molecular weight is 293 g/mol. The Kier molecular flexibility index (Phi) is 4.74. The number of rotatable bonds is 4. The molecule has 0 spiro atoms. The minimum absolute atomic E-state index is 0.00101. The van der Waals surface area contributed by atoms with Crippen LogP contribution in [-0.2, 0) is 4.74 Å². The van der Waals surface area contributed by atoms with Gasteiger partial charge in [0.25, 0.3) is 11.6 Å². The first kappa shape index (κ1) is 15.2. The first-order valence-corrected chi connectivity index (χ1v) is 6.91. The molecule has 0 saturated carbocycles. The third kappa shape index (κ3) is 3.69. The summed E-state index contributed by atoms with van der Waals surface area (Å²) in [6.45, 7) is 3.28. The van der Waals surface area contributed by atoms with Crippen LogP contribution in [0.25, 0.3) is 0 Å². The smallest absolute Gasteiger partial charge is 0.282 e. The van der Waals surface area contributed by atoms with E-state index in [9.17, 15) is 14.9 Å². The third-order valence-corrected chi connectivity index (χ3v) is 3.79. The lowest BCUT2D eigenvalue weighted by atomic mass is 9.92. The number of nitrogens with one attached hydrogen (secondary N) is 1. The topological polar surface area (TPSA) is 107 Å². The van der Waals surface area contributed by atoms with Gasteiger partial charge in [0.15, 0.2) is 0 Å². The normalized spacial score (nSPS) is 17.2. The molecule has 7 nitrogen and oxygen atoms in total. The lowest BCUT2D eigenvalue weighted by Gasteiger charge is -2.28. The largest absolute Gasteiger partial charge is 0.399 e. The van der Waals surface area contributed by atoms with Crippen LogP contribution in [0, 0.1) is 16.0 Å². The molecule has 7 heteroatoms. The highest BCUT2D eigenvalue weighted by Crippen LogP contribution is 2.23. The molecule has 1 atom stereocenters. The van der Waals surface area contributed by atoms with E-state index in [1.807, 2.05) is 6.92 Å². The van der Waals surface area contributed by atoms with Gasteiger partial charge in [0.05, 0.1) is 4.92 Å². The molecular weight excluding hydrogens is 274 g/mol. The standard InChI is InChI=1S/C14H19N3O4/c1-9(10-4-6-21-7-5-10)16-14(18)12-8-11(15)2-3-13(12)17(19)20/h2-3,8-10H,4-7,15H2,1H3,(H,16,18). The van der Waals surface area contributed by atoms with Crippen LogP contribution < -0.4 is 11.1 Å². The number of nitrogens with zero attached hydrogens (tertiary/aromatic N) is 1. The zero-order chi connectivity index (χ0) is 15.4. The SMILES string of the molecule is CC(NC(=O)c1cc(N)ccc1[N+](=O)[O-])C1CCOCC1. The Hall–Kier alpha value is -2.15. The lowest BCUT2D eigenvalue weighted by Crippen LogP contribution is -2.40. The molecule has 0 aromatic heterocycles. The van der Waals surface area contributed by atoms with E-state index in [0.29, 0.717) is 24.8 Å². The minimum Gasteiger partial charge on any atom is -0.399 e. The van der Waals surface area contributed by atoms with Gasteiger partial charge in [0.1, 0.15) is 5.56 Å². The summed E-state index contributed by atoms with van der Waals surface area (Å²) in [4.78, 5) is 22.7. The predicted molar refractivity (Wildman–Crippen MR) is 78.0 cm³/mol. The maximum atomic E-state index is 12.3. The molecule has 0 radical (unpaired) electrons. The number of nitrogen functional groups attached to an aromatic ring is 1. The maximum absolute atomic E-state index is 12.3.